The highest BCUT2D eigenvalue weighted by Gasteiger charge is 2.31. The van der Waals surface area contributed by atoms with E-state index in [2.05, 4.69) is 49.8 Å². The molecule has 1 rings (SSSR count). The smallest absolute Gasteiger partial charge is 0.0547 e. The Labute approximate surface area is 105 Å². The molecule has 1 heterocycles. The number of likely N-dealkylation sites (N-methyl/N-ethyl adjacent to an activating group) is 1. The third-order valence-electron chi connectivity index (χ3n) is 3.87. The van der Waals surface area contributed by atoms with Crippen LogP contribution < -0.4 is 5.73 Å². The SMILES string of the molecule is Cc1cccc(CN(C)C(C)(CN)C(C)C)n1. The van der Waals surface area contributed by atoms with Crippen molar-refractivity contribution in [2.24, 2.45) is 11.7 Å². The molecule has 0 aliphatic carbocycles. The molecule has 0 aliphatic heterocycles. The normalized spacial score (nSPS) is 15.3. The van der Waals surface area contributed by atoms with E-state index in [1.165, 1.54) is 0 Å². The predicted molar refractivity (Wildman–Crippen MR) is 72.7 cm³/mol. The van der Waals surface area contributed by atoms with Gasteiger partial charge in [-0.2, -0.15) is 0 Å². The Bertz CT molecular complexity index is 362. The molecule has 1 aromatic rings. The molecule has 3 heteroatoms. The van der Waals surface area contributed by atoms with Gasteiger partial charge < -0.3 is 5.73 Å². The van der Waals surface area contributed by atoms with Gasteiger partial charge in [-0.15, -0.1) is 0 Å². The number of nitrogens with zero attached hydrogens (tertiary/aromatic N) is 2. The summed E-state index contributed by atoms with van der Waals surface area (Å²) in [6.07, 6.45) is 0. The van der Waals surface area contributed by atoms with E-state index in [1.54, 1.807) is 0 Å². The van der Waals surface area contributed by atoms with Crippen LogP contribution in [0.25, 0.3) is 0 Å². The summed E-state index contributed by atoms with van der Waals surface area (Å²) in [5, 5.41) is 0. The zero-order valence-corrected chi connectivity index (χ0v) is 11.7. The predicted octanol–water partition coefficient (Wildman–Crippen LogP) is 2.20. The summed E-state index contributed by atoms with van der Waals surface area (Å²) in [4.78, 5) is 6.84. The summed E-state index contributed by atoms with van der Waals surface area (Å²) in [5.74, 6) is 0.516. The number of hydrogen-bond acceptors (Lipinski definition) is 3. The second kappa shape index (κ2) is 5.61. The topological polar surface area (TPSA) is 42.1 Å². The first-order valence-corrected chi connectivity index (χ1v) is 6.24. The van der Waals surface area contributed by atoms with Crippen molar-refractivity contribution in [1.29, 1.82) is 0 Å². The Hall–Kier alpha value is -0.930. The van der Waals surface area contributed by atoms with Gasteiger partial charge in [0.1, 0.15) is 0 Å². The molecule has 0 aliphatic rings. The Morgan fingerprint density at radius 3 is 2.53 bits per heavy atom. The van der Waals surface area contributed by atoms with E-state index in [4.69, 9.17) is 5.73 Å². The average Bonchev–Trinajstić information content (AvgIpc) is 2.27. The molecule has 96 valence electrons. The lowest BCUT2D eigenvalue weighted by molar-refractivity contribution is 0.0865. The highest BCUT2D eigenvalue weighted by Crippen LogP contribution is 2.23. The highest BCUT2D eigenvalue weighted by atomic mass is 15.2. The van der Waals surface area contributed by atoms with Gasteiger partial charge in [-0.25, -0.2) is 0 Å². The Morgan fingerprint density at radius 1 is 1.41 bits per heavy atom. The van der Waals surface area contributed by atoms with Crippen molar-refractivity contribution in [3.8, 4) is 0 Å². The maximum atomic E-state index is 5.93. The largest absolute Gasteiger partial charge is 0.329 e. The molecule has 1 unspecified atom stereocenters. The lowest BCUT2D eigenvalue weighted by atomic mass is 9.87. The molecule has 2 N–H and O–H groups in total. The van der Waals surface area contributed by atoms with Crippen molar-refractivity contribution in [1.82, 2.24) is 9.88 Å². The molecular formula is C14H25N3. The van der Waals surface area contributed by atoms with Crippen molar-refractivity contribution >= 4 is 0 Å². The quantitative estimate of drug-likeness (QED) is 0.850. The van der Waals surface area contributed by atoms with Gasteiger partial charge in [-0.1, -0.05) is 19.9 Å². The van der Waals surface area contributed by atoms with E-state index >= 15 is 0 Å². The van der Waals surface area contributed by atoms with E-state index in [-0.39, 0.29) is 5.54 Å². The number of aryl methyl sites for hydroxylation is 1. The van der Waals surface area contributed by atoms with Crippen molar-refractivity contribution in [3.05, 3.63) is 29.6 Å². The van der Waals surface area contributed by atoms with Crippen LogP contribution in [0.1, 0.15) is 32.2 Å². The van der Waals surface area contributed by atoms with Crippen LogP contribution >= 0.6 is 0 Å². The minimum Gasteiger partial charge on any atom is -0.329 e. The molecule has 1 aromatic heterocycles. The number of rotatable bonds is 5. The molecule has 1 atom stereocenters. The summed E-state index contributed by atoms with van der Waals surface area (Å²) in [6.45, 7) is 10.2. The minimum atomic E-state index is 0.0193. The maximum Gasteiger partial charge on any atom is 0.0547 e. The first-order chi connectivity index (χ1) is 7.90. The van der Waals surface area contributed by atoms with Gasteiger partial charge in [-0.05, 0) is 38.9 Å². The molecule has 3 nitrogen and oxygen atoms in total. The zero-order chi connectivity index (χ0) is 13.1. The molecular weight excluding hydrogens is 210 g/mol. The molecule has 0 saturated heterocycles. The van der Waals surface area contributed by atoms with Crippen LogP contribution in [0, 0.1) is 12.8 Å². The van der Waals surface area contributed by atoms with Crippen LogP contribution in [0.15, 0.2) is 18.2 Å². The van der Waals surface area contributed by atoms with Crippen molar-refractivity contribution in [3.63, 3.8) is 0 Å². The van der Waals surface area contributed by atoms with E-state index < -0.39 is 0 Å². The molecule has 17 heavy (non-hydrogen) atoms. The number of nitrogens with two attached hydrogens (primary N) is 1. The van der Waals surface area contributed by atoms with E-state index in [1.807, 2.05) is 13.0 Å². The summed E-state index contributed by atoms with van der Waals surface area (Å²) < 4.78 is 0. The summed E-state index contributed by atoms with van der Waals surface area (Å²) in [5.41, 5.74) is 8.12. The third kappa shape index (κ3) is 3.27. The second-order valence-corrected chi connectivity index (χ2v) is 5.34. The Morgan fingerprint density at radius 2 is 2.06 bits per heavy atom. The molecule has 0 aromatic carbocycles. The van der Waals surface area contributed by atoms with Gasteiger partial charge in [0.15, 0.2) is 0 Å². The minimum absolute atomic E-state index is 0.0193. The fourth-order valence-corrected chi connectivity index (χ4v) is 1.94. The first-order valence-electron chi connectivity index (χ1n) is 6.24. The third-order valence-corrected chi connectivity index (χ3v) is 3.87. The Balaban J connectivity index is 2.81. The monoisotopic (exact) mass is 235 g/mol. The van der Waals surface area contributed by atoms with Crippen LogP contribution in [-0.4, -0.2) is 29.0 Å². The van der Waals surface area contributed by atoms with E-state index in [9.17, 15) is 0 Å². The van der Waals surface area contributed by atoms with E-state index in [0.717, 1.165) is 17.9 Å². The van der Waals surface area contributed by atoms with Crippen molar-refractivity contribution < 1.29 is 0 Å². The molecule has 0 radical (unpaired) electrons. The van der Waals surface area contributed by atoms with Gasteiger partial charge in [0.05, 0.1) is 5.69 Å². The van der Waals surface area contributed by atoms with Crippen molar-refractivity contribution in [2.45, 2.75) is 39.8 Å². The van der Waals surface area contributed by atoms with Gasteiger partial charge in [0.2, 0.25) is 0 Å². The van der Waals surface area contributed by atoms with Crippen molar-refractivity contribution in [2.75, 3.05) is 13.6 Å². The Kier molecular flexibility index (Phi) is 4.66. The zero-order valence-electron chi connectivity index (χ0n) is 11.7. The van der Waals surface area contributed by atoms with Gasteiger partial charge in [-0.3, -0.25) is 9.88 Å². The molecule has 0 bridgehead atoms. The molecule has 0 spiro atoms. The molecule has 0 saturated carbocycles. The average molecular weight is 235 g/mol. The van der Waals surface area contributed by atoms with Gasteiger partial charge in [0, 0.05) is 24.3 Å². The van der Waals surface area contributed by atoms with Gasteiger partial charge >= 0.3 is 0 Å². The van der Waals surface area contributed by atoms with Gasteiger partial charge in [0.25, 0.3) is 0 Å². The number of aromatic nitrogens is 1. The van der Waals surface area contributed by atoms with Crippen LogP contribution in [0.4, 0.5) is 0 Å². The van der Waals surface area contributed by atoms with Crippen LogP contribution in [0.5, 0.6) is 0 Å². The molecule has 0 amide bonds. The second-order valence-electron chi connectivity index (χ2n) is 5.34. The summed E-state index contributed by atoms with van der Waals surface area (Å²) >= 11 is 0. The van der Waals surface area contributed by atoms with Crippen LogP contribution in [-0.2, 0) is 6.54 Å². The fourth-order valence-electron chi connectivity index (χ4n) is 1.94. The lowest BCUT2D eigenvalue weighted by Gasteiger charge is -2.41. The standard InChI is InChI=1S/C14H25N3/c1-11(2)14(4,10-15)17(5)9-13-8-6-7-12(3)16-13/h6-8,11H,9-10,15H2,1-5H3. The maximum absolute atomic E-state index is 5.93. The number of pyridine rings is 1. The van der Waals surface area contributed by atoms with Crippen LogP contribution in [0.2, 0.25) is 0 Å². The highest BCUT2D eigenvalue weighted by molar-refractivity contribution is 5.10. The van der Waals surface area contributed by atoms with Crippen LogP contribution in [0.3, 0.4) is 0 Å². The lowest BCUT2D eigenvalue weighted by Crippen LogP contribution is -2.53. The van der Waals surface area contributed by atoms with E-state index in [0.29, 0.717) is 12.5 Å². The molecule has 0 fully saturated rings. The number of hydrogen-bond donors (Lipinski definition) is 1. The first kappa shape index (κ1) is 14.1. The summed E-state index contributed by atoms with van der Waals surface area (Å²) in [7, 11) is 2.12. The summed E-state index contributed by atoms with van der Waals surface area (Å²) in [6, 6.07) is 6.15. The fraction of sp³-hybridized carbons (Fsp3) is 0.643.